The Labute approximate surface area is 153 Å². The molecule has 0 aliphatic rings. The van der Waals surface area contributed by atoms with Crippen LogP contribution in [-0.2, 0) is 20.0 Å². The zero-order valence-corrected chi connectivity index (χ0v) is 15.5. The van der Waals surface area contributed by atoms with Crippen LogP contribution >= 0.6 is 23.2 Å². The van der Waals surface area contributed by atoms with Crippen LogP contribution in [0, 0.1) is 0 Å². The lowest BCUT2D eigenvalue weighted by Gasteiger charge is -2.11. The fourth-order valence-electron chi connectivity index (χ4n) is 2.28. The molecule has 2 N–H and O–H groups in total. The molecule has 1 heterocycles. The molecule has 0 aliphatic heterocycles. The second-order valence-corrected chi connectivity index (χ2v) is 6.33. The molecule has 24 heavy (non-hydrogen) atoms. The van der Waals surface area contributed by atoms with Gasteiger partial charge in [0.2, 0.25) is 0 Å². The van der Waals surface area contributed by atoms with Crippen molar-refractivity contribution in [1.82, 2.24) is 20.4 Å². The summed E-state index contributed by atoms with van der Waals surface area (Å²) in [6, 6.07) is 5.63. The van der Waals surface area contributed by atoms with E-state index < -0.39 is 0 Å². The molecule has 1 aromatic carbocycles. The number of benzene rings is 1. The number of rotatable bonds is 7. The zero-order valence-electron chi connectivity index (χ0n) is 14.0. The summed E-state index contributed by atoms with van der Waals surface area (Å²) in [6.45, 7) is 4.29. The first-order valence-electron chi connectivity index (χ1n) is 8.02. The van der Waals surface area contributed by atoms with Crippen LogP contribution in [-0.4, -0.2) is 28.8 Å². The third-order valence-electron chi connectivity index (χ3n) is 3.45. The molecule has 1 aromatic heterocycles. The molecule has 7 heteroatoms. The minimum atomic E-state index is 0.603. The highest BCUT2D eigenvalue weighted by molar-refractivity contribution is 6.35. The number of aryl methyl sites for hydroxylation is 2. The minimum Gasteiger partial charge on any atom is -0.357 e. The third kappa shape index (κ3) is 6.06. The maximum absolute atomic E-state index is 6.19. The molecule has 0 fully saturated rings. The van der Waals surface area contributed by atoms with Crippen molar-refractivity contribution in [2.45, 2.75) is 26.3 Å². The first kappa shape index (κ1) is 18.6. The van der Waals surface area contributed by atoms with E-state index in [4.69, 9.17) is 23.2 Å². The van der Waals surface area contributed by atoms with Crippen molar-refractivity contribution in [3.63, 3.8) is 0 Å². The Morgan fingerprint density at radius 3 is 2.79 bits per heavy atom. The molecule has 0 bridgehead atoms. The molecule has 0 amide bonds. The average molecular weight is 368 g/mol. The van der Waals surface area contributed by atoms with Crippen LogP contribution in [0.15, 0.2) is 35.6 Å². The minimum absolute atomic E-state index is 0.603. The Balaban J connectivity index is 1.80. The number of halogens is 2. The molecule has 2 rings (SSSR count). The van der Waals surface area contributed by atoms with Gasteiger partial charge in [0.25, 0.3) is 0 Å². The predicted octanol–water partition coefficient (Wildman–Crippen LogP) is 3.41. The van der Waals surface area contributed by atoms with Crippen molar-refractivity contribution in [3.05, 3.63) is 51.8 Å². The normalized spacial score (nSPS) is 11.6. The summed E-state index contributed by atoms with van der Waals surface area (Å²) >= 11 is 12.1. The molecule has 5 nitrogen and oxygen atoms in total. The number of aliphatic imine (C=N–C) groups is 1. The van der Waals surface area contributed by atoms with Gasteiger partial charge >= 0.3 is 0 Å². The van der Waals surface area contributed by atoms with Crippen molar-refractivity contribution >= 4 is 29.2 Å². The van der Waals surface area contributed by atoms with Crippen molar-refractivity contribution in [2.75, 3.05) is 13.1 Å². The monoisotopic (exact) mass is 367 g/mol. The smallest absolute Gasteiger partial charge is 0.191 e. The summed E-state index contributed by atoms with van der Waals surface area (Å²) in [5.74, 6) is 0.809. The molecule has 0 aliphatic carbocycles. The molecule has 2 aromatic rings. The van der Waals surface area contributed by atoms with Crippen molar-refractivity contribution in [3.8, 4) is 0 Å². The number of aromatic nitrogens is 2. The van der Waals surface area contributed by atoms with Crippen molar-refractivity contribution in [1.29, 1.82) is 0 Å². The largest absolute Gasteiger partial charge is 0.357 e. The van der Waals surface area contributed by atoms with Crippen molar-refractivity contribution < 1.29 is 0 Å². The Bertz CT molecular complexity index is 681. The molecule has 0 atom stereocenters. The lowest BCUT2D eigenvalue weighted by molar-refractivity contribution is 0.743. The first-order chi connectivity index (χ1) is 11.6. The molecule has 0 saturated carbocycles. The SMILES string of the molecule is CCNC(=NCc1cnn(C)c1)NCCCc1ccc(Cl)cc1Cl. The summed E-state index contributed by atoms with van der Waals surface area (Å²) in [6.07, 6.45) is 5.65. The Morgan fingerprint density at radius 1 is 1.29 bits per heavy atom. The summed E-state index contributed by atoms with van der Waals surface area (Å²) in [4.78, 5) is 4.57. The molecule has 0 spiro atoms. The lowest BCUT2D eigenvalue weighted by atomic mass is 10.1. The maximum Gasteiger partial charge on any atom is 0.191 e. The van der Waals surface area contributed by atoms with Gasteiger partial charge < -0.3 is 10.6 Å². The average Bonchev–Trinajstić information content (AvgIpc) is 2.96. The highest BCUT2D eigenvalue weighted by atomic mass is 35.5. The van der Waals surface area contributed by atoms with Gasteiger partial charge in [-0.05, 0) is 37.5 Å². The highest BCUT2D eigenvalue weighted by Gasteiger charge is 2.02. The van der Waals surface area contributed by atoms with E-state index in [1.54, 1.807) is 10.7 Å². The third-order valence-corrected chi connectivity index (χ3v) is 4.04. The Kier molecular flexibility index (Phi) is 7.40. The van der Waals surface area contributed by atoms with Gasteiger partial charge in [-0.3, -0.25) is 4.68 Å². The van der Waals surface area contributed by atoms with Crippen LogP contribution in [0.3, 0.4) is 0 Å². The van der Waals surface area contributed by atoms with E-state index in [2.05, 4.69) is 27.6 Å². The van der Waals surface area contributed by atoms with Gasteiger partial charge in [0.15, 0.2) is 5.96 Å². The van der Waals surface area contributed by atoms with Gasteiger partial charge in [-0.25, -0.2) is 4.99 Å². The van der Waals surface area contributed by atoms with Gasteiger partial charge in [0.1, 0.15) is 0 Å². The van der Waals surface area contributed by atoms with E-state index >= 15 is 0 Å². The molecule has 130 valence electrons. The summed E-state index contributed by atoms with van der Waals surface area (Å²) in [7, 11) is 1.90. The number of nitrogens with zero attached hydrogens (tertiary/aromatic N) is 3. The van der Waals surface area contributed by atoms with E-state index in [1.165, 1.54) is 0 Å². The van der Waals surface area contributed by atoms with Gasteiger partial charge in [0.05, 0.1) is 12.7 Å². The molecular weight excluding hydrogens is 345 g/mol. The van der Waals surface area contributed by atoms with Gasteiger partial charge in [-0.1, -0.05) is 29.3 Å². The van der Waals surface area contributed by atoms with Crippen LogP contribution in [0.4, 0.5) is 0 Å². The van der Waals surface area contributed by atoms with Gasteiger partial charge in [-0.15, -0.1) is 0 Å². The molecule has 0 unspecified atom stereocenters. The van der Waals surface area contributed by atoms with Crippen LogP contribution in [0.1, 0.15) is 24.5 Å². The van der Waals surface area contributed by atoms with E-state index in [0.717, 1.165) is 48.0 Å². The number of hydrogen-bond acceptors (Lipinski definition) is 2. The number of guanidine groups is 1. The maximum atomic E-state index is 6.19. The van der Waals surface area contributed by atoms with Crippen molar-refractivity contribution in [2.24, 2.45) is 12.0 Å². The number of nitrogens with one attached hydrogen (secondary N) is 2. The second-order valence-electron chi connectivity index (χ2n) is 5.48. The fourth-order valence-corrected chi connectivity index (χ4v) is 2.78. The van der Waals surface area contributed by atoms with Gasteiger partial charge in [0, 0.05) is 41.9 Å². The topological polar surface area (TPSA) is 54.2 Å². The Hall–Kier alpha value is -1.72. The zero-order chi connectivity index (χ0) is 17.4. The standard InChI is InChI=1S/C17H23Cl2N5/c1-3-20-17(22-10-13-11-23-24(2)12-13)21-8-4-5-14-6-7-15(18)9-16(14)19/h6-7,9,11-12H,3-5,8,10H2,1-2H3,(H2,20,21,22). The molecule has 0 radical (unpaired) electrons. The Morgan fingerprint density at radius 2 is 2.12 bits per heavy atom. The summed E-state index contributed by atoms with van der Waals surface area (Å²) in [5.41, 5.74) is 2.20. The summed E-state index contributed by atoms with van der Waals surface area (Å²) in [5, 5.41) is 12.1. The van der Waals surface area contributed by atoms with Crippen LogP contribution in [0.2, 0.25) is 10.0 Å². The van der Waals surface area contributed by atoms with Gasteiger partial charge in [-0.2, -0.15) is 5.10 Å². The van der Waals surface area contributed by atoms with Crippen LogP contribution < -0.4 is 10.6 Å². The highest BCUT2D eigenvalue weighted by Crippen LogP contribution is 2.21. The van der Waals surface area contributed by atoms with Crippen LogP contribution in [0.5, 0.6) is 0 Å². The lowest BCUT2D eigenvalue weighted by Crippen LogP contribution is -2.37. The quantitative estimate of drug-likeness (QED) is 0.447. The van der Waals surface area contributed by atoms with E-state index in [1.807, 2.05) is 31.6 Å². The number of hydrogen-bond donors (Lipinski definition) is 2. The molecular formula is C17H23Cl2N5. The van der Waals surface area contributed by atoms with E-state index in [0.29, 0.717) is 11.6 Å². The summed E-state index contributed by atoms with van der Waals surface area (Å²) < 4.78 is 1.78. The van der Waals surface area contributed by atoms with Crippen LogP contribution in [0.25, 0.3) is 0 Å². The second kappa shape index (κ2) is 9.55. The van der Waals surface area contributed by atoms with E-state index in [-0.39, 0.29) is 0 Å². The fraction of sp³-hybridized carbons (Fsp3) is 0.412. The predicted molar refractivity (Wildman–Crippen MR) is 101 cm³/mol. The first-order valence-corrected chi connectivity index (χ1v) is 8.77. The molecule has 0 saturated heterocycles. The van der Waals surface area contributed by atoms with E-state index in [9.17, 15) is 0 Å².